The van der Waals surface area contributed by atoms with Crippen LogP contribution in [0.25, 0.3) is 0 Å². The number of hydrogen-bond acceptors (Lipinski definition) is 6. The van der Waals surface area contributed by atoms with Crippen molar-refractivity contribution in [3.05, 3.63) is 134 Å². The van der Waals surface area contributed by atoms with Gasteiger partial charge in [-0.2, -0.15) is 0 Å². The van der Waals surface area contributed by atoms with E-state index in [2.05, 4.69) is 154 Å². The minimum Gasteiger partial charge on any atom is -0.462 e. The van der Waals surface area contributed by atoms with Gasteiger partial charge in [-0.15, -0.1) is 0 Å². The number of carbonyl (C=O) groups is 3. The lowest BCUT2D eigenvalue weighted by Crippen LogP contribution is -2.30. The zero-order chi connectivity index (χ0) is 54.3. The Hall–Kier alpha value is -4.45. The molecular formula is C69H112O6. The van der Waals surface area contributed by atoms with Crippen molar-refractivity contribution in [2.24, 2.45) is 0 Å². The van der Waals surface area contributed by atoms with Gasteiger partial charge in [-0.25, -0.2) is 0 Å². The van der Waals surface area contributed by atoms with Gasteiger partial charge < -0.3 is 14.2 Å². The lowest BCUT2D eigenvalue weighted by Gasteiger charge is -2.18. The second-order valence-corrected chi connectivity index (χ2v) is 19.9. The molecule has 0 saturated heterocycles. The van der Waals surface area contributed by atoms with E-state index in [9.17, 15) is 14.4 Å². The molecule has 0 aromatic heterocycles. The monoisotopic (exact) mass is 1040 g/mol. The second-order valence-electron chi connectivity index (χ2n) is 19.9. The summed E-state index contributed by atoms with van der Waals surface area (Å²) in [7, 11) is 0. The van der Waals surface area contributed by atoms with Crippen LogP contribution in [-0.2, 0) is 28.6 Å². The third-order valence-electron chi connectivity index (χ3n) is 12.7. The fourth-order valence-electron chi connectivity index (χ4n) is 8.12. The van der Waals surface area contributed by atoms with Crippen LogP contribution in [-0.4, -0.2) is 37.2 Å². The summed E-state index contributed by atoms with van der Waals surface area (Å²) in [6.07, 6.45) is 87.3. The van der Waals surface area contributed by atoms with Gasteiger partial charge in [-0.3, -0.25) is 14.4 Å². The van der Waals surface area contributed by atoms with Crippen molar-refractivity contribution in [3.63, 3.8) is 0 Å². The first-order valence-electron chi connectivity index (χ1n) is 30.7. The minimum absolute atomic E-state index is 0.0967. The van der Waals surface area contributed by atoms with Gasteiger partial charge in [0.15, 0.2) is 6.10 Å². The molecular weight excluding hydrogens is 925 g/mol. The number of rotatable bonds is 54. The molecule has 0 spiro atoms. The third-order valence-corrected chi connectivity index (χ3v) is 12.7. The van der Waals surface area contributed by atoms with Crippen LogP contribution in [0.5, 0.6) is 0 Å². The van der Waals surface area contributed by atoms with Crippen LogP contribution in [0.1, 0.15) is 265 Å². The van der Waals surface area contributed by atoms with Crippen LogP contribution in [0.3, 0.4) is 0 Å². The Morgan fingerprint density at radius 3 is 0.827 bits per heavy atom. The van der Waals surface area contributed by atoms with Crippen LogP contribution in [0.2, 0.25) is 0 Å². The lowest BCUT2D eigenvalue weighted by molar-refractivity contribution is -0.167. The Labute approximate surface area is 462 Å². The van der Waals surface area contributed by atoms with E-state index < -0.39 is 6.10 Å². The zero-order valence-corrected chi connectivity index (χ0v) is 48.5. The Kier molecular flexibility index (Phi) is 58.4. The van der Waals surface area contributed by atoms with Gasteiger partial charge in [-0.1, -0.05) is 264 Å². The fourth-order valence-corrected chi connectivity index (χ4v) is 8.12. The summed E-state index contributed by atoms with van der Waals surface area (Å²) >= 11 is 0. The van der Waals surface area contributed by atoms with E-state index >= 15 is 0 Å². The molecule has 1 atom stereocenters. The molecule has 0 fully saturated rings. The van der Waals surface area contributed by atoms with E-state index in [1.807, 2.05) is 0 Å². The summed E-state index contributed by atoms with van der Waals surface area (Å²) in [5.74, 6) is -0.944. The highest BCUT2D eigenvalue weighted by atomic mass is 16.6. The molecule has 0 saturated carbocycles. The fraction of sp³-hybridized carbons (Fsp3) is 0.638. The van der Waals surface area contributed by atoms with Crippen molar-refractivity contribution >= 4 is 17.9 Å². The van der Waals surface area contributed by atoms with Gasteiger partial charge in [0.2, 0.25) is 0 Å². The molecule has 0 rings (SSSR count). The van der Waals surface area contributed by atoms with Gasteiger partial charge in [0.25, 0.3) is 0 Å². The molecule has 424 valence electrons. The molecule has 0 amide bonds. The first-order valence-corrected chi connectivity index (χ1v) is 30.7. The van der Waals surface area contributed by atoms with Crippen molar-refractivity contribution < 1.29 is 28.6 Å². The summed E-state index contributed by atoms with van der Waals surface area (Å²) < 4.78 is 16.9. The molecule has 1 unspecified atom stereocenters. The molecule has 6 heteroatoms. The van der Waals surface area contributed by atoms with Crippen LogP contribution < -0.4 is 0 Å². The van der Waals surface area contributed by atoms with Gasteiger partial charge in [0.1, 0.15) is 13.2 Å². The first-order chi connectivity index (χ1) is 37.0. The molecule has 0 heterocycles. The molecule has 0 aliphatic rings. The van der Waals surface area contributed by atoms with Crippen LogP contribution in [0.15, 0.2) is 134 Å². The highest BCUT2D eigenvalue weighted by molar-refractivity contribution is 5.71. The van der Waals surface area contributed by atoms with Crippen LogP contribution in [0.4, 0.5) is 0 Å². The average Bonchev–Trinajstić information content (AvgIpc) is 3.41. The van der Waals surface area contributed by atoms with Crippen LogP contribution in [0, 0.1) is 0 Å². The normalized spacial score (nSPS) is 13.1. The van der Waals surface area contributed by atoms with Gasteiger partial charge in [-0.05, 0) is 116 Å². The predicted molar refractivity (Wildman–Crippen MR) is 325 cm³/mol. The number of carbonyl (C=O) groups excluding carboxylic acids is 3. The molecule has 0 bridgehead atoms. The predicted octanol–water partition coefficient (Wildman–Crippen LogP) is 21.0. The molecule has 0 aromatic rings. The van der Waals surface area contributed by atoms with Gasteiger partial charge >= 0.3 is 17.9 Å². The van der Waals surface area contributed by atoms with Gasteiger partial charge in [0.05, 0.1) is 0 Å². The number of unbranched alkanes of at least 4 members (excludes halogenated alkanes) is 21. The maximum absolute atomic E-state index is 12.9. The third kappa shape index (κ3) is 60.3. The summed E-state index contributed by atoms with van der Waals surface area (Å²) in [6.45, 7) is 6.38. The standard InChI is InChI=1S/C69H112O6/c1-4-7-10-13-16-19-22-25-27-29-31-32-33-34-35-36-38-39-41-44-47-50-53-56-59-62-68(71)74-65-66(64-73-67(70)61-58-55-52-49-46-43-24-21-18-15-12-9-6-3)75-69(72)63-60-57-54-51-48-45-42-40-37-30-28-26-23-20-17-14-11-8-5-2/h7-8,10-11,16-17,19-20,25-28,31-32,34-35,37-40,44,47,66H,4-6,9,12-15,18,21-24,29-30,33,36,41-43,45-46,48-65H2,1-3H3/b10-7-,11-8-,19-16-,20-17-,27-25-,28-26-,32-31-,35-34-,39-38-,40-37-,47-44-. The molecule has 0 aliphatic carbocycles. The van der Waals surface area contributed by atoms with Gasteiger partial charge in [0, 0.05) is 19.3 Å². The zero-order valence-electron chi connectivity index (χ0n) is 48.5. The number of esters is 3. The maximum atomic E-state index is 12.9. The topological polar surface area (TPSA) is 78.9 Å². The summed E-state index contributed by atoms with van der Waals surface area (Å²) in [6, 6.07) is 0. The van der Waals surface area contributed by atoms with Crippen molar-refractivity contribution in [2.45, 2.75) is 271 Å². The molecule has 0 aromatic carbocycles. The smallest absolute Gasteiger partial charge is 0.306 e. The summed E-state index contributed by atoms with van der Waals surface area (Å²) in [5.41, 5.74) is 0. The minimum atomic E-state index is -0.804. The summed E-state index contributed by atoms with van der Waals surface area (Å²) in [4.78, 5) is 38.3. The van der Waals surface area contributed by atoms with Crippen molar-refractivity contribution in [3.8, 4) is 0 Å². The van der Waals surface area contributed by atoms with Crippen molar-refractivity contribution in [2.75, 3.05) is 13.2 Å². The Morgan fingerprint density at radius 1 is 0.280 bits per heavy atom. The molecule has 0 N–H and O–H groups in total. The highest BCUT2D eigenvalue weighted by Crippen LogP contribution is 2.15. The van der Waals surface area contributed by atoms with E-state index in [0.29, 0.717) is 19.3 Å². The Bertz CT molecular complexity index is 1620. The Balaban J connectivity index is 4.46. The summed E-state index contributed by atoms with van der Waals surface area (Å²) in [5, 5.41) is 0. The maximum Gasteiger partial charge on any atom is 0.306 e. The number of hydrogen-bond donors (Lipinski definition) is 0. The molecule has 75 heavy (non-hydrogen) atoms. The largest absolute Gasteiger partial charge is 0.462 e. The molecule has 6 nitrogen and oxygen atoms in total. The van der Waals surface area contributed by atoms with E-state index in [4.69, 9.17) is 14.2 Å². The lowest BCUT2D eigenvalue weighted by atomic mass is 10.0. The van der Waals surface area contributed by atoms with Crippen molar-refractivity contribution in [1.29, 1.82) is 0 Å². The molecule has 0 radical (unpaired) electrons. The van der Waals surface area contributed by atoms with Crippen LogP contribution >= 0.6 is 0 Å². The van der Waals surface area contributed by atoms with E-state index in [1.165, 1.54) is 77.0 Å². The van der Waals surface area contributed by atoms with E-state index in [1.54, 1.807) is 0 Å². The number of allylic oxidation sites excluding steroid dienone is 22. The highest BCUT2D eigenvalue weighted by Gasteiger charge is 2.19. The van der Waals surface area contributed by atoms with E-state index in [-0.39, 0.29) is 31.1 Å². The molecule has 0 aliphatic heterocycles. The van der Waals surface area contributed by atoms with E-state index in [0.717, 1.165) is 148 Å². The average molecular weight is 1040 g/mol. The second kappa shape index (κ2) is 62.1. The SMILES string of the molecule is CC/C=C\C/C=C\C/C=C\C/C=C\C/C=C\C/C=C\C/C=C\CCCCCC(=O)OCC(COC(=O)CCCCCCCCCCCCCCC)OC(=O)CCCCCCCC/C=C\C/C=C\C/C=C\C/C=C\CC. The Morgan fingerprint density at radius 2 is 0.520 bits per heavy atom. The van der Waals surface area contributed by atoms with Crippen molar-refractivity contribution in [1.82, 2.24) is 0 Å². The number of ether oxygens (including phenoxy) is 3. The quantitative estimate of drug-likeness (QED) is 0.0261. The first kappa shape index (κ1) is 70.5.